The number of carbonyl (C=O) groups is 2. The van der Waals surface area contributed by atoms with Gasteiger partial charge in [0, 0.05) is 13.1 Å². The minimum Gasteiger partial charge on any atom is -0.465 e. The largest absolute Gasteiger partial charge is 0.465 e. The molecule has 0 unspecified atom stereocenters. The molecule has 0 fully saturated rings. The van der Waals surface area contributed by atoms with Crippen LogP contribution in [0.2, 0.25) is 0 Å². The SMILES string of the molecule is CCN(CC)S(=O)(=O)c1ccc(C(=O)OCc2cc(C(=O)OC)c(C)o2)cc1. The van der Waals surface area contributed by atoms with Crippen LogP contribution < -0.4 is 0 Å². The van der Waals surface area contributed by atoms with Gasteiger partial charge in [0.15, 0.2) is 0 Å². The second kappa shape index (κ2) is 9.03. The Labute approximate surface area is 164 Å². The van der Waals surface area contributed by atoms with Gasteiger partial charge in [-0.15, -0.1) is 0 Å². The summed E-state index contributed by atoms with van der Waals surface area (Å²) in [7, 11) is -2.33. The molecule has 28 heavy (non-hydrogen) atoms. The number of methoxy groups -OCH3 is 1. The summed E-state index contributed by atoms with van der Waals surface area (Å²) >= 11 is 0. The van der Waals surface area contributed by atoms with E-state index in [0.29, 0.717) is 24.6 Å². The molecule has 2 rings (SSSR count). The van der Waals surface area contributed by atoms with Crippen LogP contribution in [-0.2, 0) is 26.1 Å². The number of rotatable bonds is 8. The van der Waals surface area contributed by atoms with Crippen molar-refractivity contribution in [1.82, 2.24) is 4.31 Å². The molecule has 9 heteroatoms. The molecule has 0 aliphatic heterocycles. The van der Waals surface area contributed by atoms with E-state index in [1.165, 1.54) is 41.7 Å². The minimum atomic E-state index is -3.59. The number of esters is 2. The third-order valence-corrected chi connectivity index (χ3v) is 6.22. The highest BCUT2D eigenvalue weighted by atomic mass is 32.2. The number of nitrogens with zero attached hydrogens (tertiary/aromatic N) is 1. The van der Waals surface area contributed by atoms with Crippen LogP contribution in [0.5, 0.6) is 0 Å². The van der Waals surface area contributed by atoms with Gasteiger partial charge < -0.3 is 13.9 Å². The van der Waals surface area contributed by atoms with Crippen LogP contribution in [0.15, 0.2) is 39.6 Å². The van der Waals surface area contributed by atoms with Crippen LogP contribution in [0.25, 0.3) is 0 Å². The molecule has 0 bridgehead atoms. The molecule has 152 valence electrons. The lowest BCUT2D eigenvalue weighted by Crippen LogP contribution is -2.30. The molecule has 1 heterocycles. The Bertz CT molecular complexity index is 941. The van der Waals surface area contributed by atoms with Gasteiger partial charge in [0.2, 0.25) is 10.0 Å². The molecule has 0 aliphatic rings. The lowest BCUT2D eigenvalue weighted by Gasteiger charge is -2.18. The Hall–Kier alpha value is -2.65. The Balaban J connectivity index is 2.07. The van der Waals surface area contributed by atoms with E-state index in [0.717, 1.165) is 0 Å². The standard InChI is InChI=1S/C19H23NO7S/c1-5-20(6-2)28(23,24)16-9-7-14(8-10-16)18(21)26-12-15-11-17(13(3)27-15)19(22)25-4/h7-11H,5-6,12H2,1-4H3. The first-order valence-corrected chi connectivity index (χ1v) is 10.1. The van der Waals surface area contributed by atoms with Crippen molar-refractivity contribution in [3.8, 4) is 0 Å². The van der Waals surface area contributed by atoms with E-state index in [1.54, 1.807) is 20.8 Å². The Morgan fingerprint density at radius 1 is 1.07 bits per heavy atom. The van der Waals surface area contributed by atoms with Gasteiger partial charge in [-0.1, -0.05) is 13.8 Å². The first-order valence-electron chi connectivity index (χ1n) is 8.69. The molecule has 2 aromatic rings. The number of furan rings is 1. The second-order valence-electron chi connectivity index (χ2n) is 5.86. The maximum Gasteiger partial charge on any atom is 0.341 e. The molecule has 1 aromatic heterocycles. The van der Waals surface area contributed by atoms with Crippen LogP contribution in [0, 0.1) is 6.92 Å². The topological polar surface area (TPSA) is 103 Å². The molecule has 0 N–H and O–H groups in total. The molecule has 1 aromatic carbocycles. The van der Waals surface area contributed by atoms with Crippen LogP contribution in [0.4, 0.5) is 0 Å². The van der Waals surface area contributed by atoms with E-state index in [2.05, 4.69) is 4.74 Å². The van der Waals surface area contributed by atoms with Crippen LogP contribution in [0.1, 0.15) is 46.1 Å². The molecule has 0 atom stereocenters. The average molecular weight is 409 g/mol. The monoisotopic (exact) mass is 409 g/mol. The van der Waals surface area contributed by atoms with Crippen molar-refractivity contribution in [3.63, 3.8) is 0 Å². The fourth-order valence-electron chi connectivity index (χ4n) is 2.62. The Morgan fingerprint density at radius 3 is 2.21 bits per heavy atom. The zero-order chi connectivity index (χ0) is 20.9. The molecule has 0 saturated carbocycles. The molecule has 0 amide bonds. The predicted molar refractivity (Wildman–Crippen MR) is 100 cm³/mol. The molecule has 0 radical (unpaired) electrons. The number of hydrogen-bond donors (Lipinski definition) is 0. The Kier molecular flexibility index (Phi) is 6.98. The predicted octanol–water partition coefficient (Wildman–Crippen LogP) is 2.76. The highest BCUT2D eigenvalue weighted by Gasteiger charge is 2.22. The molecule has 0 saturated heterocycles. The lowest BCUT2D eigenvalue weighted by molar-refractivity contribution is 0.0443. The first-order chi connectivity index (χ1) is 13.2. The lowest BCUT2D eigenvalue weighted by atomic mass is 10.2. The number of sulfonamides is 1. The van der Waals surface area contributed by atoms with Crippen molar-refractivity contribution >= 4 is 22.0 Å². The highest BCUT2D eigenvalue weighted by molar-refractivity contribution is 7.89. The van der Waals surface area contributed by atoms with Crippen molar-refractivity contribution < 1.29 is 31.9 Å². The normalized spacial score (nSPS) is 11.5. The van der Waals surface area contributed by atoms with Crippen molar-refractivity contribution in [2.45, 2.75) is 32.3 Å². The smallest absolute Gasteiger partial charge is 0.341 e. The summed E-state index contributed by atoms with van der Waals surface area (Å²) in [6.45, 7) is 5.67. The van der Waals surface area contributed by atoms with Gasteiger partial charge in [-0.05, 0) is 37.3 Å². The van der Waals surface area contributed by atoms with E-state index >= 15 is 0 Å². The van der Waals surface area contributed by atoms with Gasteiger partial charge >= 0.3 is 11.9 Å². The number of hydrogen-bond acceptors (Lipinski definition) is 7. The van der Waals surface area contributed by atoms with E-state index in [-0.39, 0.29) is 22.6 Å². The summed E-state index contributed by atoms with van der Waals surface area (Å²) in [6, 6.07) is 6.99. The average Bonchev–Trinajstić information content (AvgIpc) is 3.07. The zero-order valence-corrected chi connectivity index (χ0v) is 17.0. The molecule has 8 nitrogen and oxygen atoms in total. The van der Waals surface area contributed by atoms with E-state index in [4.69, 9.17) is 9.15 Å². The van der Waals surface area contributed by atoms with Gasteiger partial charge in [0.25, 0.3) is 0 Å². The number of carbonyl (C=O) groups excluding carboxylic acids is 2. The van der Waals surface area contributed by atoms with E-state index in [9.17, 15) is 18.0 Å². The highest BCUT2D eigenvalue weighted by Crippen LogP contribution is 2.19. The Morgan fingerprint density at radius 2 is 1.68 bits per heavy atom. The van der Waals surface area contributed by atoms with Crippen molar-refractivity contribution in [2.75, 3.05) is 20.2 Å². The van der Waals surface area contributed by atoms with Gasteiger partial charge in [0.05, 0.1) is 17.6 Å². The van der Waals surface area contributed by atoms with Gasteiger partial charge in [0.1, 0.15) is 23.7 Å². The third kappa shape index (κ3) is 4.60. The fourth-order valence-corrected chi connectivity index (χ4v) is 4.08. The maximum absolute atomic E-state index is 12.5. The summed E-state index contributed by atoms with van der Waals surface area (Å²) in [5.41, 5.74) is 0.467. The number of benzene rings is 1. The molecule has 0 aliphatic carbocycles. The van der Waals surface area contributed by atoms with Gasteiger partial charge in [-0.3, -0.25) is 0 Å². The summed E-state index contributed by atoms with van der Waals surface area (Å²) in [5, 5.41) is 0. The number of aryl methyl sites for hydroxylation is 1. The molecular weight excluding hydrogens is 386 g/mol. The summed E-state index contributed by atoms with van der Waals surface area (Å²) < 4.78 is 41.4. The maximum atomic E-state index is 12.5. The third-order valence-electron chi connectivity index (χ3n) is 4.15. The zero-order valence-electron chi connectivity index (χ0n) is 16.2. The van der Waals surface area contributed by atoms with Crippen LogP contribution in [0.3, 0.4) is 0 Å². The van der Waals surface area contributed by atoms with Crippen molar-refractivity contribution in [3.05, 3.63) is 53.0 Å². The molecule has 0 spiro atoms. The van der Waals surface area contributed by atoms with Crippen LogP contribution >= 0.6 is 0 Å². The van der Waals surface area contributed by atoms with E-state index < -0.39 is 22.0 Å². The molecular formula is C19H23NO7S. The fraction of sp³-hybridized carbons (Fsp3) is 0.368. The van der Waals surface area contributed by atoms with Crippen LogP contribution in [-0.4, -0.2) is 44.9 Å². The summed E-state index contributed by atoms with van der Waals surface area (Å²) in [4.78, 5) is 23.9. The van der Waals surface area contributed by atoms with Gasteiger partial charge in [-0.2, -0.15) is 4.31 Å². The summed E-state index contributed by atoms with van der Waals surface area (Å²) in [5.74, 6) is -0.514. The minimum absolute atomic E-state index is 0.108. The summed E-state index contributed by atoms with van der Waals surface area (Å²) in [6.07, 6.45) is 0. The van der Waals surface area contributed by atoms with Gasteiger partial charge in [-0.25, -0.2) is 18.0 Å². The van der Waals surface area contributed by atoms with E-state index in [1.807, 2.05) is 0 Å². The van der Waals surface area contributed by atoms with Crippen molar-refractivity contribution in [1.29, 1.82) is 0 Å². The van der Waals surface area contributed by atoms with Crippen molar-refractivity contribution in [2.24, 2.45) is 0 Å². The second-order valence-corrected chi connectivity index (χ2v) is 7.80. The number of ether oxygens (including phenoxy) is 2. The quantitative estimate of drug-likeness (QED) is 0.618. The first kappa shape index (κ1) is 21.6.